The molecule has 1 aliphatic rings. The molecule has 2 heterocycles. The summed E-state index contributed by atoms with van der Waals surface area (Å²) in [5, 5.41) is 11.2. The Hall–Kier alpha value is -4.00. The first-order chi connectivity index (χ1) is 15.8. The summed E-state index contributed by atoms with van der Waals surface area (Å²) in [4.78, 5) is 27.6. The number of Topliss-reactive ketones (excluding diaryl/α,β-unsaturated/α-hetero) is 1. The molecule has 33 heavy (non-hydrogen) atoms. The standard InChI is InChI=1S/C26H25NO6/c1-15(2)33-19-10-8-18(9-11-19)27-23(21-6-5-13-32-21)22(25(29)26(27)30)24(28)17-7-12-20(31-4)16(3)14-17/h5-15,23,28H,1-4H3/b24-22-. The summed E-state index contributed by atoms with van der Waals surface area (Å²) in [6.07, 6.45) is 1.47. The molecule has 1 aromatic heterocycles. The third kappa shape index (κ3) is 4.09. The highest BCUT2D eigenvalue weighted by atomic mass is 16.5. The van der Waals surface area contributed by atoms with Crippen molar-refractivity contribution in [3.8, 4) is 11.5 Å². The number of aliphatic hydroxyl groups is 1. The first-order valence-corrected chi connectivity index (χ1v) is 10.6. The molecule has 3 aromatic rings. The Morgan fingerprint density at radius 2 is 1.82 bits per heavy atom. The van der Waals surface area contributed by atoms with Crippen molar-refractivity contribution in [2.24, 2.45) is 0 Å². The molecule has 0 spiro atoms. The molecule has 0 aliphatic carbocycles. The molecule has 0 bridgehead atoms. The van der Waals surface area contributed by atoms with E-state index in [9.17, 15) is 14.7 Å². The van der Waals surface area contributed by atoms with Gasteiger partial charge in [0, 0.05) is 11.3 Å². The number of ketones is 1. The number of hydrogen-bond acceptors (Lipinski definition) is 6. The lowest BCUT2D eigenvalue weighted by Gasteiger charge is -2.23. The number of methoxy groups -OCH3 is 1. The smallest absolute Gasteiger partial charge is 0.300 e. The number of ether oxygens (including phenoxy) is 2. The molecular formula is C26H25NO6. The number of aryl methyl sites for hydroxylation is 1. The molecule has 1 fully saturated rings. The monoisotopic (exact) mass is 447 g/mol. The average Bonchev–Trinajstić information content (AvgIpc) is 3.40. The molecule has 7 nitrogen and oxygen atoms in total. The molecule has 1 atom stereocenters. The highest BCUT2D eigenvalue weighted by Crippen LogP contribution is 2.42. The minimum absolute atomic E-state index is 0.00106. The maximum Gasteiger partial charge on any atom is 0.300 e. The molecule has 4 rings (SSSR count). The Bertz CT molecular complexity index is 1210. The second-order valence-electron chi connectivity index (χ2n) is 8.03. The van der Waals surface area contributed by atoms with Crippen molar-refractivity contribution in [2.75, 3.05) is 12.0 Å². The highest BCUT2D eigenvalue weighted by molar-refractivity contribution is 6.51. The number of amides is 1. The van der Waals surface area contributed by atoms with Gasteiger partial charge in [0.25, 0.3) is 11.7 Å². The van der Waals surface area contributed by atoms with E-state index >= 15 is 0 Å². The number of aliphatic hydroxyl groups excluding tert-OH is 1. The first kappa shape index (κ1) is 22.2. The van der Waals surface area contributed by atoms with Crippen LogP contribution in [0, 0.1) is 6.92 Å². The van der Waals surface area contributed by atoms with E-state index in [0.29, 0.717) is 28.5 Å². The Labute approximate surface area is 191 Å². The molecule has 1 saturated heterocycles. The summed E-state index contributed by atoms with van der Waals surface area (Å²) in [6, 6.07) is 14.4. The van der Waals surface area contributed by atoms with E-state index in [0.717, 1.165) is 5.56 Å². The summed E-state index contributed by atoms with van der Waals surface area (Å²) in [5.41, 5.74) is 1.64. The largest absolute Gasteiger partial charge is 0.507 e. The van der Waals surface area contributed by atoms with Crippen LogP contribution in [0.2, 0.25) is 0 Å². The summed E-state index contributed by atoms with van der Waals surface area (Å²) < 4.78 is 16.5. The molecule has 0 saturated carbocycles. The van der Waals surface area contributed by atoms with Gasteiger partial charge < -0.3 is 19.0 Å². The second kappa shape index (κ2) is 8.86. The van der Waals surface area contributed by atoms with Crippen molar-refractivity contribution in [3.05, 3.63) is 83.3 Å². The van der Waals surface area contributed by atoms with Gasteiger partial charge in [0.1, 0.15) is 29.1 Å². The topological polar surface area (TPSA) is 89.2 Å². The maximum absolute atomic E-state index is 13.1. The predicted octanol–water partition coefficient (Wildman–Crippen LogP) is 5.01. The number of hydrogen-bond donors (Lipinski definition) is 1. The zero-order valence-electron chi connectivity index (χ0n) is 18.9. The van der Waals surface area contributed by atoms with Gasteiger partial charge in [-0.2, -0.15) is 0 Å². The number of anilines is 1. The Balaban J connectivity index is 1.83. The van der Waals surface area contributed by atoms with E-state index in [-0.39, 0.29) is 17.4 Å². The fraction of sp³-hybridized carbons (Fsp3) is 0.231. The van der Waals surface area contributed by atoms with Gasteiger partial charge in [-0.05, 0) is 80.9 Å². The van der Waals surface area contributed by atoms with Crippen LogP contribution in [0.1, 0.15) is 36.8 Å². The van der Waals surface area contributed by atoms with Crippen molar-refractivity contribution >= 4 is 23.1 Å². The first-order valence-electron chi connectivity index (χ1n) is 10.6. The minimum Gasteiger partial charge on any atom is -0.507 e. The molecule has 7 heteroatoms. The summed E-state index contributed by atoms with van der Waals surface area (Å²) in [5.74, 6) is -0.149. The van der Waals surface area contributed by atoms with Crippen molar-refractivity contribution in [1.29, 1.82) is 0 Å². The minimum atomic E-state index is -0.917. The zero-order valence-corrected chi connectivity index (χ0v) is 18.9. The number of furan rings is 1. The van der Waals surface area contributed by atoms with Gasteiger partial charge in [-0.1, -0.05) is 0 Å². The van der Waals surface area contributed by atoms with Crippen LogP contribution in [0.5, 0.6) is 11.5 Å². The predicted molar refractivity (Wildman–Crippen MR) is 123 cm³/mol. The molecule has 1 aliphatic heterocycles. The van der Waals surface area contributed by atoms with Crippen LogP contribution in [0.25, 0.3) is 5.76 Å². The van der Waals surface area contributed by atoms with Gasteiger partial charge >= 0.3 is 0 Å². The number of nitrogens with zero attached hydrogens (tertiary/aromatic N) is 1. The van der Waals surface area contributed by atoms with E-state index in [1.54, 1.807) is 61.7 Å². The highest BCUT2D eigenvalue weighted by Gasteiger charge is 2.48. The molecular weight excluding hydrogens is 422 g/mol. The average molecular weight is 447 g/mol. The van der Waals surface area contributed by atoms with Crippen molar-refractivity contribution in [1.82, 2.24) is 0 Å². The van der Waals surface area contributed by atoms with Gasteiger partial charge in [-0.15, -0.1) is 0 Å². The molecule has 1 unspecified atom stereocenters. The lowest BCUT2D eigenvalue weighted by molar-refractivity contribution is -0.132. The van der Waals surface area contributed by atoms with Crippen LogP contribution in [0.3, 0.4) is 0 Å². The number of rotatable bonds is 6. The van der Waals surface area contributed by atoms with Crippen molar-refractivity contribution < 1.29 is 28.6 Å². The second-order valence-corrected chi connectivity index (χ2v) is 8.03. The van der Waals surface area contributed by atoms with E-state index in [4.69, 9.17) is 13.9 Å². The van der Waals surface area contributed by atoms with Crippen LogP contribution in [-0.2, 0) is 9.59 Å². The van der Waals surface area contributed by atoms with E-state index in [1.807, 2.05) is 20.8 Å². The Kier molecular flexibility index (Phi) is 5.96. The summed E-state index contributed by atoms with van der Waals surface area (Å²) in [6.45, 7) is 5.67. The third-order valence-electron chi connectivity index (χ3n) is 5.41. The van der Waals surface area contributed by atoms with Gasteiger partial charge in [0.05, 0.1) is 25.1 Å². The van der Waals surface area contributed by atoms with Gasteiger partial charge in [-0.3, -0.25) is 14.5 Å². The Morgan fingerprint density at radius 1 is 1.09 bits per heavy atom. The lowest BCUT2D eigenvalue weighted by Crippen LogP contribution is -2.29. The van der Waals surface area contributed by atoms with Crippen LogP contribution < -0.4 is 14.4 Å². The Morgan fingerprint density at radius 3 is 2.39 bits per heavy atom. The number of carbonyl (C=O) groups is 2. The van der Waals surface area contributed by atoms with Crippen LogP contribution in [-0.4, -0.2) is 30.0 Å². The summed E-state index contributed by atoms with van der Waals surface area (Å²) in [7, 11) is 1.56. The van der Waals surface area contributed by atoms with E-state index in [2.05, 4.69) is 0 Å². The molecule has 170 valence electrons. The van der Waals surface area contributed by atoms with E-state index in [1.165, 1.54) is 11.2 Å². The SMILES string of the molecule is COc1ccc(/C(O)=C2/C(=O)C(=O)N(c3ccc(OC(C)C)cc3)C2c2ccco2)cc1C. The van der Waals surface area contributed by atoms with Crippen LogP contribution >= 0.6 is 0 Å². The van der Waals surface area contributed by atoms with Gasteiger partial charge in [0.15, 0.2) is 0 Å². The third-order valence-corrected chi connectivity index (χ3v) is 5.41. The molecule has 2 aromatic carbocycles. The lowest BCUT2D eigenvalue weighted by atomic mass is 9.98. The van der Waals surface area contributed by atoms with E-state index < -0.39 is 17.7 Å². The van der Waals surface area contributed by atoms with Crippen LogP contribution in [0.15, 0.2) is 70.9 Å². The fourth-order valence-corrected chi connectivity index (χ4v) is 3.95. The quantitative estimate of drug-likeness (QED) is 0.325. The van der Waals surface area contributed by atoms with Gasteiger partial charge in [0.2, 0.25) is 0 Å². The zero-order chi connectivity index (χ0) is 23.7. The van der Waals surface area contributed by atoms with Crippen molar-refractivity contribution in [2.45, 2.75) is 32.9 Å². The maximum atomic E-state index is 13.1. The van der Waals surface area contributed by atoms with Gasteiger partial charge in [-0.25, -0.2) is 0 Å². The summed E-state index contributed by atoms with van der Waals surface area (Å²) >= 11 is 0. The van der Waals surface area contributed by atoms with Crippen molar-refractivity contribution in [3.63, 3.8) is 0 Å². The molecule has 1 N–H and O–H groups in total. The number of benzene rings is 2. The fourth-order valence-electron chi connectivity index (χ4n) is 3.95. The normalized spacial score (nSPS) is 17.6. The molecule has 1 amide bonds. The molecule has 0 radical (unpaired) electrons. The number of carbonyl (C=O) groups excluding carboxylic acids is 2. The van der Waals surface area contributed by atoms with Crippen LogP contribution in [0.4, 0.5) is 5.69 Å².